The molecular weight excluding hydrogens is 456 g/mol. The molecule has 1 fully saturated rings. The monoisotopic (exact) mass is 480 g/mol. The van der Waals surface area contributed by atoms with Crippen LogP contribution >= 0.6 is 11.6 Å². The van der Waals surface area contributed by atoms with E-state index in [4.69, 9.17) is 26.8 Å². The van der Waals surface area contributed by atoms with Gasteiger partial charge in [0.05, 0.1) is 51.7 Å². The number of aliphatic hydroxyl groups excluding tert-OH is 1. The van der Waals surface area contributed by atoms with Crippen molar-refractivity contribution in [3.63, 3.8) is 0 Å². The molecule has 0 aliphatic carbocycles. The predicted molar refractivity (Wildman–Crippen MR) is 128 cm³/mol. The van der Waals surface area contributed by atoms with Gasteiger partial charge in [-0.2, -0.15) is 10.2 Å². The largest absolute Gasteiger partial charge is 0.387 e. The Morgan fingerprint density at radius 1 is 1.24 bits per heavy atom. The minimum Gasteiger partial charge on any atom is -0.387 e. The Morgan fingerprint density at radius 3 is 2.79 bits per heavy atom. The number of hydrogen-bond acceptors (Lipinski definition) is 7. The number of nitrogens with zero attached hydrogens (tertiary/aromatic N) is 7. The molecule has 0 bridgehead atoms. The minimum atomic E-state index is -0.447. The molecule has 176 valence electrons. The van der Waals surface area contributed by atoms with E-state index in [-0.39, 0.29) is 11.9 Å². The fraction of sp³-hybridized carbons (Fsp3) is 0.348. The minimum absolute atomic E-state index is 0.178. The van der Waals surface area contributed by atoms with Gasteiger partial charge in [0.1, 0.15) is 6.61 Å². The van der Waals surface area contributed by atoms with Gasteiger partial charge in [-0.05, 0) is 38.8 Å². The molecule has 10 nitrogen and oxygen atoms in total. The van der Waals surface area contributed by atoms with Crippen LogP contribution in [-0.4, -0.2) is 65.0 Å². The first-order valence-corrected chi connectivity index (χ1v) is 11.5. The lowest BCUT2D eigenvalue weighted by Gasteiger charge is -2.32. The normalized spacial score (nSPS) is 14.6. The number of anilines is 2. The molecule has 5 rings (SSSR count). The van der Waals surface area contributed by atoms with E-state index in [0.717, 1.165) is 41.0 Å². The third-order valence-corrected chi connectivity index (χ3v) is 6.56. The second kappa shape index (κ2) is 9.03. The molecule has 1 aliphatic rings. The van der Waals surface area contributed by atoms with Gasteiger partial charge in [0.15, 0.2) is 0 Å². The lowest BCUT2D eigenvalue weighted by atomic mass is 10.0. The summed E-state index contributed by atoms with van der Waals surface area (Å²) in [6.07, 6.45) is 6.77. The van der Waals surface area contributed by atoms with Crippen LogP contribution in [0.15, 0.2) is 36.8 Å². The molecule has 0 spiro atoms. The first-order valence-electron chi connectivity index (χ1n) is 11.1. The Labute approximate surface area is 201 Å². The Kier molecular flexibility index (Phi) is 5.93. The molecule has 1 saturated heterocycles. The number of fused-ring (bicyclic) bond motifs is 1. The van der Waals surface area contributed by atoms with Crippen molar-refractivity contribution in [3.05, 3.63) is 53.2 Å². The van der Waals surface area contributed by atoms with Gasteiger partial charge < -0.3 is 15.3 Å². The third kappa shape index (κ3) is 3.99. The van der Waals surface area contributed by atoms with Crippen molar-refractivity contribution in [2.45, 2.75) is 32.7 Å². The first kappa shape index (κ1) is 22.3. The van der Waals surface area contributed by atoms with E-state index in [0.29, 0.717) is 29.8 Å². The Bertz CT molecular complexity index is 1360. The van der Waals surface area contributed by atoms with Crippen LogP contribution < -0.4 is 5.32 Å². The predicted octanol–water partition coefficient (Wildman–Crippen LogP) is 3.16. The van der Waals surface area contributed by atoms with Crippen LogP contribution in [0.1, 0.15) is 30.3 Å². The second-order valence-corrected chi connectivity index (χ2v) is 8.77. The number of amides is 1. The van der Waals surface area contributed by atoms with Gasteiger partial charge in [0.25, 0.3) is 0 Å². The van der Waals surface area contributed by atoms with Crippen molar-refractivity contribution in [2.75, 3.05) is 25.0 Å². The molecule has 0 unspecified atom stereocenters. The Balaban J connectivity index is 1.40. The maximum absolute atomic E-state index is 11.8. The summed E-state index contributed by atoms with van der Waals surface area (Å²) < 4.78 is 3.79. The quantitative estimate of drug-likeness (QED) is 0.451. The molecule has 34 heavy (non-hydrogen) atoms. The van der Waals surface area contributed by atoms with Crippen molar-refractivity contribution >= 4 is 34.7 Å². The van der Waals surface area contributed by atoms with Gasteiger partial charge >= 0.3 is 0 Å². The van der Waals surface area contributed by atoms with Crippen LogP contribution in [0.25, 0.3) is 16.8 Å². The summed E-state index contributed by atoms with van der Waals surface area (Å²) >= 11 is 6.45. The third-order valence-electron chi connectivity index (χ3n) is 6.29. The highest BCUT2D eigenvalue weighted by molar-refractivity contribution is 6.33. The number of rotatable bonds is 5. The number of carbonyl (C=O) groups excluding carboxylic acids is 1. The molecule has 0 radical (unpaired) electrons. The van der Waals surface area contributed by atoms with E-state index in [9.17, 15) is 4.79 Å². The summed E-state index contributed by atoms with van der Waals surface area (Å²) in [4.78, 5) is 22.5. The number of halogens is 1. The topological polar surface area (TPSA) is 113 Å². The van der Waals surface area contributed by atoms with Gasteiger partial charge in [0.2, 0.25) is 11.9 Å². The Hall–Kier alpha value is -3.50. The fourth-order valence-corrected chi connectivity index (χ4v) is 4.70. The highest BCUT2D eigenvalue weighted by atomic mass is 35.5. The summed E-state index contributed by atoms with van der Waals surface area (Å²) in [7, 11) is 0. The Morgan fingerprint density at radius 2 is 2.03 bits per heavy atom. The van der Waals surface area contributed by atoms with Crippen molar-refractivity contribution in [1.82, 2.24) is 34.3 Å². The number of piperidine rings is 1. The summed E-state index contributed by atoms with van der Waals surface area (Å²) in [5, 5.41) is 22.0. The van der Waals surface area contributed by atoms with Crippen LogP contribution in [0.5, 0.6) is 0 Å². The molecule has 2 N–H and O–H groups in total. The number of aryl methyl sites for hydroxylation is 1. The molecule has 1 amide bonds. The number of aromatic nitrogens is 6. The maximum atomic E-state index is 11.8. The number of aliphatic hydroxyl groups is 1. The number of hydrogen-bond donors (Lipinski definition) is 2. The van der Waals surface area contributed by atoms with E-state index in [1.807, 2.05) is 42.9 Å². The van der Waals surface area contributed by atoms with Crippen LogP contribution in [0.3, 0.4) is 0 Å². The molecule has 0 aromatic carbocycles. The zero-order chi connectivity index (χ0) is 23.8. The highest BCUT2D eigenvalue weighted by Gasteiger charge is 2.26. The van der Waals surface area contributed by atoms with Gasteiger partial charge in [0, 0.05) is 24.8 Å². The SMILES string of the molecule is Cc1nn(C2CCN(C(=O)CO)CC2)c(C)c1Nc1ncc(Cl)c(-c2cnn3ccccc23)n1. The van der Waals surface area contributed by atoms with Crippen LogP contribution in [0.4, 0.5) is 11.6 Å². The van der Waals surface area contributed by atoms with E-state index in [1.165, 1.54) is 0 Å². The molecule has 1 aliphatic heterocycles. The van der Waals surface area contributed by atoms with Gasteiger partial charge in [-0.3, -0.25) is 9.48 Å². The summed E-state index contributed by atoms with van der Waals surface area (Å²) in [5.74, 6) is 0.194. The number of nitrogens with one attached hydrogen (secondary N) is 1. The van der Waals surface area contributed by atoms with Crippen LogP contribution in [0.2, 0.25) is 5.02 Å². The lowest BCUT2D eigenvalue weighted by molar-refractivity contribution is -0.135. The fourth-order valence-electron chi connectivity index (χ4n) is 4.50. The van der Waals surface area contributed by atoms with E-state index < -0.39 is 6.61 Å². The number of carbonyl (C=O) groups is 1. The molecule has 4 aromatic rings. The lowest BCUT2D eigenvalue weighted by Crippen LogP contribution is -2.40. The highest BCUT2D eigenvalue weighted by Crippen LogP contribution is 2.32. The average molecular weight is 481 g/mol. The van der Waals surface area contributed by atoms with E-state index in [2.05, 4.69) is 15.4 Å². The number of pyridine rings is 1. The van der Waals surface area contributed by atoms with Crippen LogP contribution in [0, 0.1) is 13.8 Å². The standard InChI is InChI=1S/C23H25ClN8O2/c1-14-21(15(2)32(29-14)16-6-9-30(10-7-16)20(34)13-33)27-23-25-12-18(24)22(28-23)17-11-26-31-8-4-3-5-19(17)31/h3-5,8,11-12,16,33H,6-7,9-10,13H2,1-2H3,(H,25,27,28). The first-order chi connectivity index (χ1) is 16.5. The summed E-state index contributed by atoms with van der Waals surface area (Å²) in [6, 6.07) is 6.00. The molecule has 0 saturated carbocycles. The van der Waals surface area contributed by atoms with Crippen molar-refractivity contribution < 1.29 is 9.90 Å². The summed E-state index contributed by atoms with van der Waals surface area (Å²) in [6.45, 7) is 4.72. The van der Waals surface area contributed by atoms with Crippen molar-refractivity contribution in [1.29, 1.82) is 0 Å². The molecular formula is C23H25ClN8O2. The number of likely N-dealkylation sites (tertiary alicyclic amines) is 1. The van der Waals surface area contributed by atoms with Crippen molar-refractivity contribution in [2.24, 2.45) is 0 Å². The molecule has 0 atom stereocenters. The van der Waals surface area contributed by atoms with Crippen molar-refractivity contribution in [3.8, 4) is 11.3 Å². The van der Waals surface area contributed by atoms with Gasteiger partial charge in [-0.25, -0.2) is 14.5 Å². The molecule has 5 heterocycles. The average Bonchev–Trinajstić information content (AvgIpc) is 3.41. The zero-order valence-electron chi connectivity index (χ0n) is 18.9. The molecule has 11 heteroatoms. The summed E-state index contributed by atoms with van der Waals surface area (Å²) in [5.41, 5.74) is 4.98. The van der Waals surface area contributed by atoms with E-state index in [1.54, 1.807) is 21.8 Å². The van der Waals surface area contributed by atoms with Gasteiger partial charge in [-0.15, -0.1) is 0 Å². The zero-order valence-corrected chi connectivity index (χ0v) is 19.7. The van der Waals surface area contributed by atoms with Crippen LogP contribution in [-0.2, 0) is 4.79 Å². The maximum Gasteiger partial charge on any atom is 0.248 e. The molecule has 4 aromatic heterocycles. The second-order valence-electron chi connectivity index (χ2n) is 8.36. The smallest absolute Gasteiger partial charge is 0.248 e. The van der Waals surface area contributed by atoms with E-state index >= 15 is 0 Å². The van der Waals surface area contributed by atoms with Gasteiger partial charge in [-0.1, -0.05) is 17.7 Å².